The zero-order chi connectivity index (χ0) is 15.6. The monoisotopic (exact) mass is 301 g/mol. The first-order chi connectivity index (χ1) is 9.79. The molecule has 0 saturated carbocycles. The van der Waals surface area contributed by atoms with Crippen LogP contribution in [0, 0.1) is 0 Å². The van der Waals surface area contributed by atoms with E-state index in [4.69, 9.17) is 0 Å². The van der Waals surface area contributed by atoms with E-state index < -0.39 is 0 Å². The van der Waals surface area contributed by atoms with Gasteiger partial charge in [0.05, 0.1) is 9.75 Å². The molecule has 0 aliphatic heterocycles. The van der Waals surface area contributed by atoms with Gasteiger partial charge in [0.15, 0.2) is 5.78 Å². The summed E-state index contributed by atoms with van der Waals surface area (Å²) < 4.78 is 0. The van der Waals surface area contributed by atoms with Crippen molar-refractivity contribution in [1.82, 2.24) is 0 Å². The molecule has 110 valence electrons. The molecule has 21 heavy (non-hydrogen) atoms. The summed E-state index contributed by atoms with van der Waals surface area (Å²) in [5, 5.41) is 2.95. The number of hydrogen-bond acceptors (Lipinski definition) is 3. The Kier molecular flexibility index (Phi) is 4.28. The molecule has 0 radical (unpaired) electrons. The minimum atomic E-state index is -0.177. The van der Waals surface area contributed by atoms with Crippen molar-refractivity contribution in [2.45, 2.75) is 33.1 Å². The van der Waals surface area contributed by atoms with Crippen LogP contribution in [0.2, 0.25) is 0 Å². The molecule has 0 atom stereocenters. The molecule has 1 heterocycles. The van der Waals surface area contributed by atoms with E-state index in [-0.39, 0.29) is 17.1 Å². The molecule has 0 bridgehead atoms. The summed E-state index contributed by atoms with van der Waals surface area (Å²) >= 11 is 1.22. The second kappa shape index (κ2) is 5.82. The first-order valence-electron chi connectivity index (χ1n) is 6.80. The Morgan fingerprint density at radius 2 is 1.62 bits per heavy atom. The van der Waals surface area contributed by atoms with E-state index >= 15 is 0 Å². The van der Waals surface area contributed by atoms with Crippen LogP contribution in [0.25, 0.3) is 0 Å². The lowest BCUT2D eigenvalue weighted by Gasteiger charge is -2.22. The van der Waals surface area contributed by atoms with Crippen LogP contribution in [0.5, 0.6) is 0 Å². The largest absolute Gasteiger partial charge is 0.321 e. The highest BCUT2D eigenvalue weighted by Gasteiger charge is 2.19. The maximum atomic E-state index is 12.3. The minimum Gasteiger partial charge on any atom is -0.321 e. The van der Waals surface area contributed by atoms with E-state index in [1.807, 2.05) is 24.3 Å². The number of carbonyl (C=O) groups is 2. The predicted molar refractivity (Wildman–Crippen MR) is 87.4 cm³/mol. The van der Waals surface area contributed by atoms with Crippen molar-refractivity contribution in [2.24, 2.45) is 0 Å². The van der Waals surface area contributed by atoms with Crippen molar-refractivity contribution in [1.29, 1.82) is 0 Å². The number of hydrogen-bond donors (Lipinski definition) is 1. The van der Waals surface area contributed by atoms with Crippen molar-refractivity contribution in [2.75, 3.05) is 5.32 Å². The number of nitrogens with one attached hydrogen (secondary N) is 1. The molecule has 0 aliphatic rings. The lowest BCUT2D eigenvalue weighted by atomic mass is 9.86. The number of para-hydroxylation sites is 1. The highest BCUT2D eigenvalue weighted by atomic mass is 32.1. The highest BCUT2D eigenvalue weighted by Crippen LogP contribution is 2.30. The lowest BCUT2D eigenvalue weighted by molar-refractivity contribution is 0.101. The molecular weight excluding hydrogens is 282 g/mol. The Bertz CT molecular complexity index is 680. The van der Waals surface area contributed by atoms with Crippen molar-refractivity contribution >= 4 is 28.7 Å². The molecule has 1 aromatic carbocycles. The molecule has 0 saturated heterocycles. The van der Waals surface area contributed by atoms with E-state index in [9.17, 15) is 9.59 Å². The number of anilines is 1. The van der Waals surface area contributed by atoms with Crippen LogP contribution in [0.1, 0.15) is 52.6 Å². The van der Waals surface area contributed by atoms with Gasteiger partial charge in [-0.25, -0.2) is 0 Å². The third kappa shape index (κ3) is 3.58. The Hall–Kier alpha value is -1.94. The number of carbonyl (C=O) groups excluding carboxylic acids is 2. The molecule has 0 spiro atoms. The summed E-state index contributed by atoms with van der Waals surface area (Å²) in [7, 11) is 0. The third-order valence-electron chi connectivity index (χ3n) is 3.16. The molecule has 1 N–H and O–H groups in total. The van der Waals surface area contributed by atoms with Crippen LogP contribution in [-0.2, 0) is 5.41 Å². The zero-order valence-electron chi connectivity index (χ0n) is 12.7. The van der Waals surface area contributed by atoms with Crippen molar-refractivity contribution in [3.63, 3.8) is 0 Å². The van der Waals surface area contributed by atoms with Crippen LogP contribution in [0.3, 0.4) is 0 Å². The Morgan fingerprint density at radius 3 is 2.19 bits per heavy atom. The molecule has 4 heteroatoms. The van der Waals surface area contributed by atoms with Gasteiger partial charge in [0.2, 0.25) is 0 Å². The van der Waals surface area contributed by atoms with Gasteiger partial charge in [0.1, 0.15) is 0 Å². The summed E-state index contributed by atoms with van der Waals surface area (Å²) in [6.07, 6.45) is 0. The summed E-state index contributed by atoms with van der Waals surface area (Å²) in [5.74, 6) is -0.196. The first kappa shape index (κ1) is 15.4. The predicted octanol–water partition coefficient (Wildman–Crippen LogP) is 4.50. The van der Waals surface area contributed by atoms with Crippen molar-refractivity contribution < 1.29 is 9.59 Å². The quantitative estimate of drug-likeness (QED) is 0.848. The van der Waals surface area contributed by atoms with Gasteiger partial charge in [-0.05, 0) is 36.1 Å². The Balaban J connectivity index is 2.25. The SMILES string of the molecule is CC(=O)c1ccc(C(=O)Nc2ccccc2C(C)(C)C)s1. The fraction of sp³-hybridized carbons (Fsp3) is 0.294. The molecule has 2 rings (SSSR count). The van der Waals surface area contributed by atoms with Crippen molar-refractivity contribution in [3.05, 3.63) is 51.7 Å². The molecule has 0 unspecified atom stereocenters. The van der Waals surface area contributed by atoms with Crippen molar-refractivity contribution in [3.8, 4) is 0 Å². The van der Waals surface area contributed by atoms with Gasteiger partial charge in [0.25, 0.3) is 5.91 Å². The number of thiophene rings is 1. The average molecular weight is 301 g/mol. The average Bonchev–Trinajstić information content (AvgIpc) is 2.88. The van der Waals surface area contributed by atoms with Crippen LogP contribution in [0.4, 0.5) is 5.69 Å². The fourth-order valence-corrected chi connectivity index (χ4v) is 2.88. The molecule has 0 fully saturated rings. The minimum absolute atomic E-state index is 0.0193. The second-order valence-corrected chi connectivity index (χ2v) is 7.05. The van der Waals surface area contributed by atoms with Crippen LogP contribution in [-0.4, -0.2) is 11.7 Å². The van der Waals surface area contributed by atoms with Gasteiger partial charge >= 0.3 is 0 Å². The summed E-state index contributed by atoms with van der Waals surface area (Å²) in [5.41, 5.74) is 1.85. The van der Waals surface area contributed by atoms with E-state index in [0.717, 1.165) is 11.3 Å². The summed E-state index contributed by atoms with van der Waals surface area (Å²) in [6, 6.07) is 11.2. The van der Waals surface area contributed by atoms with E-state index in [1.165, 1.54) is 18.3 Å². The third-order valence-corrected chi connectivity index (χ3v) is 4.34. The number of Topliss-reactive ketones (excluding diaryl/α,β-unsaturated/α-hetero) is 1. The molecule has 0 aliphatic carbocycles. The molecule has 1 aromatic heterocycles. The number of benzene rings is 1. The van der Waals surface area contributed by atoms with E-state index in [1.54, 1.807) is 12.1 Å². The number of ketones is 1. The smallest absolute Gasteiger partial charge is 0.265 e. The van der Waals surface area contributed by atoms with Gasteiger partial charge < -0.3 is 5.32 Å². The standard InChI is InChI=1S/C17H19NO2S/c1-11(19)14-9-10-15(21-14)16(20)18-13-8-6-5-7-12(13)17(2,3)4/h5-10H,1-4H3,(H,18,20). The van der Waals surface area contributed by atoms with Gasteiger partial charge in [-0.3, -0.25) is 9.59 Å². The maximum Gasteiger partial charge on any atom is 0.265 e. The molecular formula is C17H19NO2S. The molecule has 2 aromatic rings. The van der Waals surface area contributed by atoms with Gasteiger partial charge in [0, 0.05) is 5.69 Å². The van der Waals surface area contributed by atoms with Crippen LogP contribution >= 0.6 is 11.3 Å². The second-order valence-electron chi connectivity index (χ2n) is 5.97. The van der Waals surface area contributed by atoms with E-state index in [0.29, 0.717) is 9.75 Å². The van der Waals surface area contributed by atoms with Crippen LogP contribution in [0.15, 0.2) is 36.4 Å². The van der Waals surface area contributed by atoms with E-state index in [2.05, 4.69) is 26.1 Å². The molecule has 3 nitrogen and oxygen atoms in total. The molecule has 1 amide bonds. The number of amides is 1. The fourth-order valence-electron chi connectivity index (χ4n) is 2.08. The van der Waals surface area contributed by atoms with Gasteiger partial charge in [-0.1, -0.05) is 39.0 Å². The normalized spacial score (nSPS) is 11.2. The maximum absolute atomic E-state index is 12.3. The van der Waals surface area contributed by atoms with Crippen LogP contribution < -0.4 is 5.32 Å². The van der Waals surface area contributed by atoms with Gasteiger partial charge in [-0.2, -0.15) is 0 Å². The summed E-state index contributed by atoms with van der Waals surface area (Å²) in [6.45, 7) is 7.83. The zero-order valence-corrected chi connectivity index (χ0v) is 13.5. The Morgan fingerprint density at radius 1 is 1.00 bits per heavy atom. The topological polar surface area (TPSA) is 46.2 Å². The lowest BCUT2D eigenvalue weighted by Crippen LogP contribution is -2.18. The van der Waals surface area contributed by atoms with Gasteiger partial charge in [-0.15, -0.1) is 11.3 Å². The summed E-state index contributed by atoms with van der Waals surface area (Å²) in [4.78, 5) is 24.8. The Labute approximate surface area is 129 Å². The number of rotatable bonds is 3. The first-order valence-corrected chi connectivity index (χ1v) is 7.62. The highest BCUT2D eigenvalue weighted by molar-refractivity contribution is 7.16.